The van der Waals surface area contributed by atoms with Crippen molar-refractivity contribution in [1.82, 2.24) is 10.6 Å². The molecule has 0 aromatic heterocycles. The molecule has 1 aliphatic carbocycles. The maximum Gasteiger partial charge on any atom is 0.220 e. The molecule has 1 saturated carbocycles. The van der Waals surface area contributed by atoms with Gasteiger partial charge >= 0.3 is 0 Å². The minimum Gasteiger partial charge on any atom is -0.383 e. The van der Waals surface area contributed by atoms with Crippen LogP contribution in [0.3, 0.4) is 0 Å². The molecule has 1 saturated heterocycles. The van der Waals surface area contributed by atoms with Crippen molar-refractivity contribution in [1.29, 1.82) is 0 Å². The summed E-state index contributed by atoms with van der Waals surface area (Å²) in [6.07, 6.45) is 8.03. The zero-order valence-corrected chi connectivity index (χ0v) is 11.5. The van der Waals surface area contributed by atoms with E-state index in [9.17, 15) is 4.79 Å². The van der Waals surface area contributed by atoms with Gasteiger partial charge in [-0.1, -0.05) is 12.8 Å². The molecule has 1 aliphatic heterocycles. The van der Waals surface area contributed by atoms with E-state index in [1.54, 1.807) is 7.11 Å². The molecule has 1 atom stereocenters. The Morgan fingerprint density at radius 1 is 1.39 bits per heavy atom. The number of hydrogen-bond donors (Lipinski definition) is 2. The van der Waals surface area contributed by atoms with Gasteiger partial charge in [-0.25, -0.2) is 0 Å². The Kier molecular flexibility index (Phi) is 5.01. The van der Waals surface area contributed by atoms with Gasteiger partial charge in [0.25, 0.3) is 0 Å². The standard InChI is InChI=1S/C14H26N2O2/c1-18-11-14(7-4-8-16-14)10-15-13(17)9-12-5-2-3-6-12/h12,16H,2-11H2,1H3,(H,15,17). The van der Waals surface area contributed by atoms with Gasteiger partial charge in [0.1, 0.15) is 0 Å². The van der Waals surface area contributed by atoms with Gasteiger partial charge in [0.15, 0.2) is 0 Å². The molecule has 4 heteroatoms. The van der Waals surface area contributed by atoms with Gasteiger partial charge in [-0.05, 0) is 38.1 Å². The van der Waals surface area contributed by atoms with E-state index in [0.717, 1.165) is 13.0 Å². The lowest BCUT2D eigenvalue weighted by Crippen LogP contribution is -2.53. The summed E-state index contributed by atoms with van der Waals surface area (Å²) in [6.45, 7) is 2.41. The molecular formula is C14H26N2O2. The average molecular weight is 254 g/mol. The van der Waals surface area contributed by atoms with Crippen LogP contribution < -0.4 is 10.6 Å². The molecule has 2 N–H and O–H groups in total. The highest BCUT2D eigenvalue weighted by Gasteiger charge is 2.33. The monoisotopic (exact) mass is 254 g/mol. The first-order valence-corrected chi connectivity index (χ1v) is 7.25. The van der Waals surface area contributed by atoms with E-state index >= 15 is 0 Å². The van der Waals surface area contributed by atoms with Crippen molar-refractivity contribution >= 4 is 5.91 Å². The third-order valence-corrected chi connectivity index (χ3v) is 4.33. The summed E-state index contributed by atoms with van der Waals surface area (Å²) in [5.41, 5.74) is -0.0277. The molecule has 1 amide bonds. The third kappa shape index (κ3) is 3.69. The Morgan fingerprint density at radius 2 is 2.17 bits per heavy atom. The fourth-order valence-electron chi connectivity index (χ4n) is 3.29. The summed E-state index contributed by atoms with van der Waals surface area (Å²) in [5.74, 6) is 0.839. The molecule has 0 aromatic rings. The average Bonchev–Trinajstić information content (AvgIpc) is 2.99. The second-order valence-corrected chi connectivity index (χ2v) is 5.88. The van der Waals surface area contributed by atoms with E-state index in [1.807, 2.05) is 0 Å². The minimum absolute atomic E-state index is 0.0277. The third-order valence-electron chi connectivity index (χ3n) is 4.33. The Bertz CT molecular complexity index is 269. The highest BCUT2D eigenvalue weighted by molar-refractivity contribution is 5.76. The number of carbonyl (C=O) groups is 1. The number of rotatable bonds is 6. The normalized spacial score (nSPS) is 28.7. The largest absolute Gasteiger partial charge is 0.383 e. The van der Waals surface area contributed by atoms with Crippen LogP contribution in [-0.2, 0) is 9.53 Å². The maximum absolute atomic E-state index is 11.9. The van der Waals surface area contributed by atoms with Crippen molar-refractivity contribution in [3.8, 4) is 0 Å². The van der Waals surface area contributed by atoms with E-state index in [1.165, 1.54) is 32.1 Å². The fraction of sp³-hybridized carbons (Fsp3) is 0.929. The highest BCUT2D eigenvalue weighted by Crippen LogP contribution is 2.27. The number of methoxy groups -OCH3 is 1. The van der Waals surface area contributed by atoms with Crippen molar-refractivity contribution in [2.45, 2.75) is 50.5 Å². The van der Waals surface area contributed by atoms with Crippen LogP contribution in [0.1, 0.15) is 44.9 Å². The minimum atomic E-state index is -0.0277. The van der Waals surface area contributed by atoms with Gasteiger partial charge in [0.2, 0.25) is 5.91 Å². The highest BCUT2D eigenvalue weighted by atomic mass is 16.5. The van der Waals surface area contributed by atoms with Crippen LogP contribution in [0.25, 0.3) is 0 Å². The molecule has 4 nitrogen and oxygen atoms in total. The molecule has 0 radical (unpaired) electrons. The molecule has 0 bridgehead atoms. The zero-order valence-electron chi connectivity index (χ0n) is 11.5. The van der Waals surface area contributed by atoms with Gasteiger partial charge in [0.05, 0.1) is 12.1 Å². The van der Waals surface area contributed by atoms with Crippen molar-refractivity contribution in [2.75, 3.05) is 26.8 Å². The fourth-order valence-corrected chi connectivity index (χ4v) is 3.29. The van der Waals surface area contributed by atoms with Crippen LogP contribution >= 0.6 is 0 Å². The molecule has 0 spiro atoms. The maximum atomic E-state index is 11.9. The Balaban J connectivity index is 1.73. The number of ether oxygens (including phenoxy) is 1. The van der Waals surface area contributed by atoms with Crippen LogP contribution in [0, 0.1) is 5.92 Å². The van der Waals surface area contributed by atoms with Gasteiger partial charge in [-0.15, -0.1) is 0 Å². The lowest BCUT2D eigenvalue weighted by molar-refractivity contribution is -0.122. The summed E-state index contributed by atoms with van der Waals surface area (Å²) in [7, 11) is 1.72. The van der Waals surface area contributed by atoms with Crippen molar-refractivity contribution in [3.63, 3.8) is 0 Å². The predicted molar refractivity (Wildman–Crippen MR) is 71.4 cm³/mol. The molecule has 18 heavy (non-hydrogen) atoms. The lowest BCUT2D eigenvalue weighted by atomic mass is 9.98. The van der Waals surface area contributed by atoms with E-state index in [0.29, 0.717) is 25.5 Å². The molecule has 2 aliphatic rings. The Morgan fingerprint density at radius 3 is 2.78 bits per heavy atom. The molecule has 0 aromatic carbocycles. The first kappa shape index (κ1) is 13.8. The van der Waals surface area contributed by atoms with E-state index in [2.05, 4.69) is 10.6 Å². The van der Waals surface area contributed by atoms with Crippen LogP contribution in [0.15, 0.2) is 0 Å². The second kappa shape index (κ2) is 6.53. The van der Waals surface area contributed by atoms with Crippen LogP contribution in [0.4, 0.5) is 0 Å². The summed E-state index contributed by atoms with van der Waals surface area (Å²) in [5, 5.41) is 6.58. The molecule has 1 unspecified atom stereocenters. The first-order valence-electron chi connectivity index (χ1n) is 7.25. The Hall–Kier alpha value is -0.610. The van der Waals surface area contributed by atoms with Gasteiger partial charge in [-0.2, -0.15) is 0 Å². The summed E-state index contributed by atoms with van der Waals surface area (Å²) in [4.78, 5) is 11.9. The van der Waals surface area contributed by atoms with Gasteiger partial charge in [-0.3, -0.25) is 4.79 Å². The van der Waals surface area contributed by atoms with Crippen LogP contribution in [-0.4, -0.2) is 38.3 Å². The molecule has 104 valence electrons. The summed E-state index contributed by atoms with van der Waals surface area (Å²) >= 11 is 0. The molecule has 2 fully saturated rings. The molecule has 2 rings (SSSR count). The summed E-state index contributed by atoms with van der Waals surface area (Å²) in [6, 6.07) is 0. The lowest BCUT2D eigenvalue weighted by Gasteiger charge is -2.29. The van der Waals surface area contributed by atoms with Crippen molar-refractivity contribution in [3.05, 3.63) is 0 Å². The van der Waals surface area contributed by atoms with E-state index in [-0.39, 0.29) is 11.4 Å². The number of nitrogens with one attached hydrogen (secondary N) is 2. The predicted octanol–water partition coefficient (Wildman–Crippen LogP) is 1.45. The molecular weight excluding hydrogens is 228 g/mol. The van der Waals surface area contributed by atoms with Crippen molar-refractivity contribution in [2.24, 2.45) is 5.92 Å². The van der Waals surface area contributed by atoms with Gasteiger partial charge < -0.3 is 15.4 Å². The topological polar surface area (TPSA) is 50.4 Å². The van der Waals surface area contributed by atoms with Crippen molar-refractivity contribution < 1.29 is 9.53 Å². The molecule has 1 heterocycles. The van der Waals surface area contributed by atoms with E-state index in [4.69, 9.17) is 4.74 Å². The van der Waals surface area contributed by atoms with E-state index < -0.39 is 0 Å². The van der Waals surface area contributed by atoms with Crippen LogP contribution in [0.5, 0.6) is 0 Å². The zero-order chi connectivity index (χ0) is 12.8. The number of carbonyl (C=O) groups excluding carboxylic acids is 1. The second-order valence-electron chi connectivity index (χ2n) is 5.88. The number of hydrogen-bond acceptors (Lipinski definition) is 3. The SMILES string of the molecule is COCC1(CNC(=O)CC2CCCC2)CCCN1. The quantitative estimate of drug-likeness (QED) is 0.754. The van der Waals surface area contributed by atoms with Gasteiger partial charge in [0, 0.05) is 20.1 Å². The summed E-state index contributed by atoms with van der Waals surface area (Å²) < 4.78 is 5.28. The smallest absolute Gasteiger partial charge is 0.220 e. The number of amides is 1. The first-order chi connectivity index (χ1) is 8.74. The Labute approximate surface area is 110 Å². The van der Waals surface area contributed by atoms with Crippen LogP contribution in [0.2, 0.25) is 0 Å².